The summed E-state index contributed by atoms with van der Waals surface area (Å²) in [6.45, 7) is 12.2. The zero-order valence-corrected chi connectivity index (χ0v) is 16.1. The Morgan fingerprint density at radius 1 is 1.08 bits per heavy atom. The molecule has 0 N–H and O–H groups in total. The zero-order chi connectivity index (χ0) is 17.9. The summed E-state index contributed by atoms with van der Waals surface area (Å²) in [6.07, 6.45) is 0. The number of hydrogen-bond donors (Lipinski definition) is 0. The van der Waals surface area contributed by atoms with Gasteiger partial charge in [-0.25, -0.2) is 0 Å². The van der Waals surface area contributed by atoms with Crippen molar-refractivity contribution in [3.63, 3.8) is 0 Å². The van der Waals surface area contributed by atoms with Crippen LogP contribution < -0.4 is 0 Å². The second-order valence-electron chi connectivity index (χ2n) is 6.48. The largest absolute Gasteiger partial charge is 0.337 e. The van der Waals surface area contributed by atoms with Crippen LogP contribution >= 0.6 is 11.8 Å². The van der Waals surface area contributed by atoms with Gasteiger partial charge in [0.05, 0.1) is 5.75 Å². The van der Waals surface area contributed by atoms with E-state index in [1.54, 1.807) is 0 Å². The van der Waals surface area contributed by atoms with Gasteiger partial charge < -0.3 is 4.90 Å². The summed E-state index contributed by atoms with van der Waals surface area (Å²) in [5.41, 5.74) is 2.22. The van der Waals surface area contributed by atoms with E-state index in [9.17, 15) is 4.79 Å². The molecule has 0 atom stereocenters. The van der Waals surface area contributed by atoms with Crippen molar-refractivity contribution >= 4 is 17.7 Å². The van der Waals surface area contributed by atoms with Gasteiger partial charge in [-0.1, -0.05) is 29.5 Å². The normalized spacial score (nSPS) is 11.3. The van der Waals surface area contributed by atoms with Crippen molar-refractivity contribution in [1.82, 2.24) is 19.7 Å². The average molecular weight is 347 g/mol. The number of amides is 1. The van der Waals surface area contributed by atoms with Gasteiger partial charge in [0.2, 0.25) is 5.91 Å². The molecule has 0 radical (unpaired) electrons. The number of nitrogens with zero attached hydrogens (tertiary/aromatic N) is 4. The Labute approximate surface area is 148 Å². The van der Waals surface area contributed by atoms with E-state index < -0.39 is 0 Å². The third-order valence-corrected chi connectivity index (χ3v) is 4.73. The second kappa shape index (κ2) is 7.83. The van der Waals surface area contributed by atoms with Crippen LogP contribution in [-0.2, 0) is 4.79 Å². The summed E-state index contributed by atoms with van der Waals surface area (Å²) in [7, 11) is 0. The monoisotopic (exact) mass is 346 g/mol. The molecule has 0 saturated carbocycles. The average Bonchev–Trinajstić information content (AvgIpc) is 2.86. The number of carbonyl (C=O) groups is 1. The van der Waals surface area contributed by atoms with Crippen molar-refractivity contribution in [2.24, 2.45) is 0 Å². The van der Waals surface area contributed by atoms with Crippen LogP contribution in [0.1, 0.15) is 39.1 Å². The van der Waals surface area contributed by atoms with Crippen LogP contribution in [0.5, 0.6) is 0 Å². The minimum atomic E-state index is 0.126. The van der Waals surface area contributed by atoms with Crippen LogP contribution in [0.15, 0.2) is 29.4 Å². The van der Waals surface area contributed by atoms with Gasteiger partial charge in [0.15, 0.2) is 5.16 Å². The van der Waals surface area contributed by atoms with E-state index in [0.29, 0.717) is 5.75 Å². The quantitative estimate of drug-likeness (QED) is 0.750. The highest BCUT2D eigenvalue weighted by Gasteiger charge is 2.21. The molecule has 6 heteroatoms. The number of aromatic nitrogens is 3. The Morgan fingerprint density at radius 2 is 1.67 bits per heavy atom. The van der Waals surface area contributed by atoms with E-state index in [1.165, 1.54) is 17.3 Å². The summed E-state index contributed by atoms with van der Waals surface area (Å²) in [5.74, 6) is 1.31. The standard InChI is InChI=1S/C18H26N4OS/c1-12(2)21(13(3)4)17(23)11-24-18-20-19-15(6)22(18)16-9-7-14(5)8-10-16/h7-10,12-13H,11H2,1-6H3. The molecular formula is C18H26N4OS. The first kappa shape index (κ1) is 18.5. The minimum Gasteiger partial charge on any atom is -0.337 e. The van der Waals surface area contributed by atoms with Gasteiger partial charge in [-0.3, -0.25) is 9.36 Å². The SMILES string of the molecule is Cc1ccc(-n2c(C)nnc2SCC(=O)N(C(C)C)C(C)C)cc1. The lowest BCUT2D eigenvalue weighted by Gasteiger charge is -2.30. The molecule has 1 heterocycles. The lowest BCUT2D eigenvalue weighted by Crippen LogP contribution is -2.43. The summed E-state index contributed by atoms with van der Waals surface area (Å²) >= 11 is 1.44. The van der Waals surface area contributed by atoms with Gasteiger partial charge in [-0.2, -0.15) is 0 Å². The Bertz CT molecular complexity index is 684. The van der Waals surface area contributed by atoms with Gasteiger partial charge in [-0.05, 0) is 53.7 Å². The summed E-state index contributed by atoms with van der Waals surface area (Å²) < 4.78 is 1.99. The molecule has 0 aliphatic rings. The number of aryl methyl sites for hydroxylation is 2. The third-order valence-electron chi connectivity index (χ3n) is 3.81. The predicted octanol–water partition coefficient (Wildman–Crippen LogP) is 3.62. The Morgan fingerprint density at radius 3 is 2.21 bits per heavy atom. The molecule has 1 amide bonds. The van der Waals surface area contributed by atoms with Gasteiger partial charge in [-0.15, -0.1) is 10.2 Å². The van der Waals surface area contributed by atoms with Crippen LogP contribution in [0.25, 0.3) is 5.69 Å². The highest BCUT2D eigenvalue weighted by atomic mass is 32.2. The Kier molecular flexibility index (Phi) is 6.04. The third kappa shape index (κ3) is 4.17. The van der Waals surface area contributed by atoms with E-state index in [0.717, 1.165) is 16.7 Å². The molecule has 24 heavy (non-hydrogen) atoms. The molecule has 0 spiro atoms. The lowest BCUT2D eigenvalue weighted by molar-refractivity contribution is -0.131. The molecule has 0 bridgehead atoms. The number of benzene rings is 1. The summed E-state index contributed by atoms with van der Waals surface area (Å²) in [6, 6.07) is 8.60. The van der Waals surface area contributed by atoms with Gasteiger partial charge >= 0.3 is 0 Å². The van der Waals surface area contributed by atoms with Crippen LogP contribution in [0.3, 0.4) is 0 Å². The van der Waals surface area contributed by atoms with Crippen molar-refractivity contribution in [1.29, 1.82) is 0 Å². The minimum absolute atomic E-state index is 0.126. The molecule has 0 aliphatic heterocycles. The highest BCUT2D eigenvalue weighted by Crippen LogP contribution is 2.23. The first-order valence-electron chi connectivity index (χ1n) is 8.24. The predicted molar refractivity (Wildman–Crippen MR) is 98.7 cm³/mol. The number of thioether (sulfide) groups is 1. The van der Waals surface area contributed by atoms with Crippen LogP contribution in [0.2, 0.25) is 0 Å². The molecule has 1 aromatic carbocycles. The lowest BCUT2D eigenvalue weighted by atomic mass is 10.2. The van der Waals surface area contributed by atoms with Crippen molar-refractivity contribution in [2.75, 3.05) is 5.75 Å². The smallest absolute Gasteiger partial charge is 0.233 e. The second-order valence-corrected chi connectivity index (χ2v) is 7.42. The maximum Gasteiger partial charge on any atom is 0.233 e. The van der Waals surface area contributed by atoms with Crippen LogP contribution in [-0.4, -0.2) is 43.4 Å². The Balaban J connectivity index is 2.17. The molecule has 5 nitrogen and oxygen atoms in total. The first-order valence-corrected chi connectivity index (χ1v) is 9.22. The van der Waals surface area contributed by atoms with Crippen molar-refractivity contribution < 1.29 is 4.79 Å². The number of carbonyl (C=O) groups excluding carboxylic acids is 1. The van der Waals surface area contributed by atoms with E-state index in [4.69, 9.17) is 0 Å². The fraction of sp³-hybridized carbons (Fsp3) is 0.500. The molecule has 2 rings (SSSR count). The Hall–Kier alpha value is -1.82. The van der Waals surface area contributed by atoms with Gasteiger partial charge in [0.25, 0.3) is 0 Å². The maximum atomic E-state index is 12.5. The van der Waals surface area contributed by atoms with E-state index >= 15 is 0 Å². The topological polar surface area (TPSA) is 51.0 Å². The van der Waals surface area contributed by atoms with E-state index in [1.807, 2.05) is 56.2 Å². The number of hydrogen-bond acceptors (Lipinski definition) is 4. The van der Waals surface area contributed by atoms with E-state index in [-0.39, 0.29) is 18.0 Å². The zero-order valence-electron chi connectivity index (χ0n) is 15.3. The fourth-order valence-electron chi connectivity index (χ4n) is 2.80. The first-order chi connectivity index (χ1) is 11.3. The molecule has 0 aliphatic carbocycles. The van der Waals surface area contributed by atoms with Gasteiger partial charge in [0, 0.05) is 17.8 Å². The van der Waals surface area contributed by atoms with Crippen LogP contribution in [0, 0.1) is 13.8 Å². The van der Waals surface area contributed by atoms with Crippen molar-refractivity contribution in [3.8, 4) is 5.69 Å². The molecular weight excluding hydrogens is 320 g/mol. The number of rotatable bonds is 6. The molecule has 1 aromatic heterocycles. The summed E-state index contributed by atoms with van der Waals surface area (Å²) in [4.78, 5) is 14.5. The highest BCUT2D eigenvalue weighted by molar-refractivity contribution is 7.99. The van der Waals surface area contributed by atoms with E-state index in [2.05, 4.69) is 29.3 Å². The van der Waals surface area contributed by atoms with Crippen molar-refractivity contribution in [2.45, 2.75) is 58.8 Å². The molecule has 130 valence electrons. The molecule has 0 fully saturated rings. The van der Waals surface area contributed by atoms with Crippen molar-refractivity contribution in [3.05, 3.63) is 35.7 Å². The summed E-state index contributed by atoms with van der Waals surface area (Å²) in [5, 5.41) is 9.16. The fourth-order valence-corrected chi connectivity index (χ4v) is 3.67. The molecule has 0 saturated heterocycles. The molecule has 2 aromatic rings. The maximum absolute atomic E-state index is 12.5. The molecule has 0 unspecified atom stereocenters. The van der Waals surface area contributed by atoms with Crippen LogP contribution in [0.4, 0.5) is 0 Å². The van der Waals surface area contributed by atoms with Gasteiger partial charge in [0.1, 0.15) is 5.82 Å².